The van der Waals surface area contributed by atoms with Crippen molar-refractivity contribution in [1.29, 1.82) is 0 Å². The van der Waals surface area contributed by atoms with Crippen molar-refractivity contribution >= 4 is 17.9 Å². The van der Waals surface area contributed by atoms with E-state index in [-0.39, 0.29) is 41.8 Å². The standard InChI is InChI=1S/C20H36N4O4/c1-4-28-18(25)12-15-7-11-24(20(27)22-14(2)3)13-16(15)8-10-23-9-5-6-17(23)19(21)26/h14-17H,4-13H2,1-3H3,(H2,21,26)(H,22,27)/t15-,16-,17-/m0/s1. The third-order valence-electron chi connectivity index (χ3n) is 5.80. The van der Waals surface area contributed by atoms with Crippen LogP contribution >= 0.6 is 0 Å². The number of likely N-dealkylation sites (tertiary alicyclic amines) is 2. The van der Waals surface area contributed by atoms with Gasteiger partial charge in [0.2, 0.25) is 5.91 Å². The second-order valence-corrected chi connectivity index (χ2v) is 8.25. The lowest BCUT2D eigenvalue weighted by Gasteiger charge is -2.39. The normalized spacial score (nSPS) is 25.7. The average molecular weight is 397 g/mol. The molecule has 2 aliphatic rings. The molecule has 0 unspecified atom stereocenters. The first kappa shape index (κ1) is 22.5. The molecule has 0 aromatic heterocycles. The van der Waals surface area contributed by atoms with Crippen LogP contribution in [0.5, 0.6) is 0 Å². The molecule has 2 rings (SSSR count). The molecule has 28 heavy (non-hydrogen) atoms. The van der Waals surface area contributed by atoms with Gasteiger partial charge in [0.1, 0.15) is 0 Å². The van der Waals surface area contributed by atoms with Crippen LogP contribution in [0.1, 0.15) is 52.9 Å². The molecule has 0 saturated carbocycles. The highest BCUT2D eigenvalue weighted by molar-refractivity contribution is 5.80. The number of carbonyl (C=O) groups excluding carboxylic acids is 3. The van der Waals surface area contributed by atoms with Crippen LogP contribution in [0.15, 0.2) is 0 Å². The second-order valence-electron chi connectivity index (χ2n) is 8.25. The maximum absolute atomic E-state index is 12.4. The van der Waals surface area contributed by atoms with Gasteiger partial charge >= 0.3 is 12.0 Å². The van der Waals surface area contributed by atoms with Crippen LogP contribution in [0.25, 0.3) is 0 Å². The number of hydrogen-bond acceptors (Lipinski definition) is 5. The number of ether oxygens (including phenoxy) is 1. The number of rotatable bonds is 8. The van der Waals surface area contributed by atoms with Crippen molar-refractivity contribution in [2.24, 2.45) is 17.6 Å². The van der Waals surface area contributed by atoms with Gasteiger partial charge in [0, 0.05) is 25.6 Å². The Labute approximate surface area is 168 Å². The minimum Gasteiger partial charge on any atom is -0.466 e. The predicted octanol–water partition coefficient (Wildman–Crippen LogP) is 1.34. The van der Waals surface area contributed by atoms with Crippen molar-refractivity contribution in [2.45, 2.75) is 65.0 Å². The van der Waals surface area contributed by atoms with E-state index in [9.17, 15) is 14.4 Å². The summed E-state index contributed by atoms with van der Waals surface area (Å²) in [5, 5.41) is 2.95. The van der Waals surface area contributed by atoms with Gasteiger partial charge < -0.3 is 20.7 Å². The van der Waals surface area contributed by atoms with E-state index in [1.165, 1.54) is 0 Å². The third kappa shape index (κ3) is 6.36. The lowest BCUT2D eigenvalue weighted by atomic mass is 9.81. The van der Waals surface area contributed by atoms with Gasteiger partial charge in [-0.3, -0.25) is 14.5 Å². The summed E-state index contributed by atoms with van der Waals surface area (Å²) in [6.07, 6.45) is 3.80. The van der Waals surface area contributed by atoms with Gasteiger partial charge in [-0.15, -0.1) is 0 Å². The van der Waals surface area contributed by atoms with Crippen LogP contribution in [-0.2, 0) is 14.3 Å². The Balaban J connectivity index is 1.99. The molecule has 0 aliphatic carbocycles. The van der Waals surface area contributed by atoms with Gasteiger partial charge in [-0.05, 0) is 71.4 Å². The number of primary amides is 1. The van der Waals surface area contributed by atoms with Gasteiger partial charge in [0.05, 0.1) is 12.6 Å². The van der Waals surface area contributed by atoms with E-state index in [1.54, 1.807) is 0 Å². The summed E-state index contributed by atoms with van der Waals surface area (Å²) in [6, 6.07) is -0.151. The fourth-order valence-electron chi connectivity index (χ4n) is 4.38. The predicted molar refractivity (Wildman–Crippen MR) is 106 cm³/mol. The van der Waals surface area contributed by atoms with Crippen molar-refractivity contribution in [3.05, 3.63) is 0 Å². The van der Waals surface area contributed by atoms with E-state index in [2.05, 4.69) is 10.2 Å². The van der Waals surface area contributed by atoms with Crippen molar-refractivity contribution in [2.75, 3.05) is 32.8 Å². The van der Waals surface area contributed by atoms with Gasteiger partial charge in [-0.1, -0.05) is 0 Å². The fourth-order valence-corrected chi connectivity index (χ4v) is 4.38. The van der Waals surface area contributed by atoms with Crippen molar-refractivity contribution in [3.8, 4) is 0 Å². The number of nitrogens with two attached hydrogens (primary N) is 1. The fraction of sp³-hybridized carbons (Fsp3) is 0.850. The molecular formula is C20H36N4O4. The Morgan fingerprint density at radius 2 is 1.93 bits per heavy atom. The van der Waals surface area contributed by atoms with E-state index in [1.807, 2.05) is 25.7 Å². The molecule has 0 radical (unpaired) electrons. The summed E-state index contributed by atoms with van der Waals surface area (Å²) < 4.78 is 5.14. The number of urea groups is 1. The molecule has 0 bridgehead atoms. The third-order valence-corrected chi connectivity index (χ3v) is 5.80. The molecular weight excluding hydrogens is 360 g/mol. The Morgan fingerprint density at radius 3 is 2.57 bits per heavy atom. The molecule has 0 spiro atoms. The van der Waals surface area contributed by atoms with E-state index in [0.29, 0.717) is 26.1 Å². The van der Waals surface area contributed by atoms with Crippen LogP contribution in [0.3, 0.4) is 0 Å². The summed E-state index contributed by atoms with van der Waals surface area (Å²) in [7, 11) is 0. The number of nitrogens with zero attached hydrogens (tertiary/aromatic N) is 2. The quantitative estimate of drug-likeness (QED) is 0.602. The van der Waals surface area contributed by atoms with E-state index < -0.39 is 0 Å². The van der Waals surface area contributed by atoms with Crippen LogP contribution in [-0.4, -0.2) is 72.6 Å². The van der Waals surface area contributed by atoms with Gasteiger partial charge in [-0.2, -0.15) is 0 Å². The van der Waals surface area contributed by atoms with Crippen molar-refractivity contribution < 1.29 is 19.1 Å². The topological polar surface area (TPSA) is 105 Å². The van der Waals surface area contributed by atoms with Gasteiger partial charge in [-0.25, -0.2) is 4.79 Å². The van der Waals surface area contributed by atoms with Gasteiger partial charge in [0.25, 0.3) is 0 Å². The highest BCUT2D eigenvalue weighted by Gasteiger charge is 2.35. The molecule has 2 aliphatic heterocycles. The maximum Gasteiger partial charge on any atom is 0.317 e. The zero-order valence-electron chi connectivity index (χ0n) is 17.5. The first-order valence-electron chi connectivity index (χ1n) is 10.6. The molecule has 2 saturated heterocycles. The molecule has 0 aromatic rings. The van der Waals surface area contributed by atoms with E-state index in [0.717, 1.165) is 38.8 Å². The van der Waals surface area contributed by atoms with Crippen LogP contribution in [0.4, 0.5) is 4.79 Å². The molecule has 2 heterocycles. The maximum atomic E-state index is 12.4. The first-order valence-corrected chi connectivity index (χ1v) is 10.6. The monoisotopic (exact) mass is 396 g/mol. The summed E-state index contributed by atoms with van der Waals surface area (Å²) in [5.74, 6) is -0.0436. The number of esters is 1. The Morgan fingerprint density at radius 1 is 1.18 bits per heavy atom. The Bertz CT molecular complexity index is 554. The molecule has 3 amide bonds. The average Bonchev–Trinajstić information content (AvgIpc) is 3.09. The highest BCUT2D eigenvalue weighted by atomic mass is 16.5. The van der Waals surface area contributed by atoms with Crippen molar-refractivity contribution in [3.63, 3.8) is 0 Å². The minimum absolute atomic E-state index is 0.0502. The zero-order valence-corrected chi connectivity index (χ0v) is 17.5. The van der Waals surface area contributed by atoms with Crippen LogP contribution in [0.2, 0.25) is 0 Å². The lowest BCUT2D eigenvalue weighted by molar-refractivity contribution is -0.145. The summed E-state index contributed by atoms with van der Waals surface area (Å²) in [4.78, 5) is 40.1. The molecule has 160 valence electrons. The zero-order chi connectivity index (χ0) is 20.7. The summed E-state index contributed by atoms with van der Waals surface area (Å²) in [5.41, 5.74) is 5.53. The number of amides is 3. The number of piperidine rings is 1. The van der Waals surface area contributed by atoms with Gasteiger partial charge in [0.15, 0.2) is 0 Å². The Kier molecular flexibility index (Phi) is 8.54. The summed E-state index contributed by atoms with van der Waals surface area (Å²) >= 11 is 0. The largest absolute Gasteiger partial charge is 0.466 e. The number of carbonyl (C=O) groups is 3. The molecule has 3 N–H and O–H groups in total. The first-order chi connectivity index (χ1) is 13.3. The number of nitrogens with one attached hydrogen (secondary N) is 1. The Hall–Kier alpha value is -1.83. The molecule has 8 nitrogen and oxygen atoms in total. The second kappa shape index (κ2) is 10.6. The SMILES string of the molecule is CCOC(=O)C[C@@H]1CCN(C(=O)NC(C)C)C[C@@H]1CCN1CCC[C@H]1C(N)=O. The summed E-state index contributed by atoms with van der Waals surface area (Å²) in [6.45, 7) is 8.99. The molecule has 2 fully saturated rings. The molecule has 8 heteroatoms. The molecule has 0 aromatic carbocycles. The van der Waals surface area contributed by atoms with Crippen LogP contribution < -0.4 is 11.1 Å². The number of hydrogen-bond donors (Lipinski definition) is 2. The lowest BCUT2D eigenvalue weighted by Crippen LogP contribution is -2.50. The van der Waals surface area contributed by atoms with Crippen molar-refractivity contribution in [1.82, 2.24) is 15.1 Å². The van der Waals surface area contributed by atoms with E-state index >= 15 is 0 Å². The minimum atomic E-state index is -0.262. The van der Waals surface area contributed by atoms with Crippen LogP contribution in [0, 0.1) is 11.8 Å². The highest BCUT2D eigenvalue weighted by Crippen LogP contribution is 2.31. The molecule has 3 atom stereocenters. The van der Waals surface area contributed by atoms with E-state index in [4.69, 9.17) is 10.5 Å². The smallest absolute Gasteiger partial charge is 0.317 e.